The maximum Gasteiger partial charge on any atom is 0.293 e. The molecule has 0 spiro atoms. The summed E-state index contributed by atoms with van der Waals surface area (Å²) < 4.78 is 5.63. The molecule has 128 valence electrons. The molecule has 0 atom stereocenters. The van der Waals surface area contributed by atoms with Crippen molar-refractivity contribution in [3.63, 3.8) is 0 Å². The van der Waals surface area contributed by atoms with Crippen molar-refractivity contribution in [1.82, 2.24) is 4.90 Å². The van der Waals surface area contributed by atoms with E-state index in [2.05, 4.69) is 0 Å². The lowest BCUT2D eigenvalue weighted by atomic mass is 10.1. The van der Waals surface area contributed by atoms with Gasteiger partial charge in [0.1, 0.15) is 11.5 Å². The number of thioether (sulfide) groups is 1. The first-order chi connectivity index (χ1) is 11.9. The second-order valence-corrected chi connectivity index (χ2v) is 6.51. The minimum atomic E-state index is -1.32. The zero-order chi connectivity index (χ0) is 18.1. The van der Waals surface area contributed by atoms with Crippen LogP contribution in [0.5, 0.6) is 0 Å². The van der Waals surface area contributed by atoms with E-state index in [9.17, 15) is 19.5 Å². The minimum absolute atomic E-state index is 0.0265. The first kappa shape index (κ1) is 17.3. The number of hydrogen-bond donors (Lipinski definition) is 0. The molecule has 2 aromatic rings. The van der Waals surface area contributed by atoms with Gasteiger partial charge in [0, 0.05) is 18.2 Å². The van der Waals surface area contributed by atoms with Crippen LogP contribution in [0.4, 0.5) is 4.79 Å². The van der Waals surface area contributed by atoms with Crippen LogP contribution in [0.3, 0.4) is 0 Å². The molecular weight excluding hydrogens is 366 g/mol. The van der Waals surface area contributed by atoms with Crippen LogP contribution in [0, 0.1) is 0 Å². The standard InChI is InChI=1S/C17H12ClNO5S/c1-2-19-15(20)14(25-17(19)23)8-10-4-6-13(24-10)11-7-9(16(21)22)3-5-12(11)18/h3-8H,2H2,1H3,(H,21,22)/p-1/b14-8+. The zero-order valence-electron chi connectivity index (χ0n) is 12.9. The van der Waals surface area contributed by atoms with E-state index in [1.807, 2.05) is 0 Å². The second kappa shape index (κ2) is 6.78. The van der Waals surface area contributed by atoms with Crippen LogP contribution in [0.15, 0.2) is 39.7 Å². The number of nitrogens with zero attached hydrogens (tertiary/aromatic N) is 1. The highest BCUT2D eigenvalue weighted by Crippen LogP contribution is 2.34. The summed E-state index contributed by atoms with van der Waals surface area (Å²) in [5.74, 6) is -0.994. The number of rotatable bonds is 4. The summed E-state index contributed by atoms with van der Waals surface area (Å²) in [5.41, 5.74) is 0.367. The molecule has 3 rings (SSSR count). The van der Waals surface area contributed by atoms with Gasteiger partial charge < -0.3 is 14.3 Å². The summed E-state index contributed by atoms with van der Waals surface area (Å²) in [6.45, 7) is 2.02. The van der Waals surface area contributed by atoms with Crippen molar-refractivity contribution in [2.75, 3.05) is 6.54 Å². The molecule has 0 saturated carbocycles. The van der Waals surface area contributed by atoms with Crippen LogP contribution >= 0.6 is 23.4 Å². The van der Waals surface area contributed by atoms with Gasteiger partial charge in [-0.1, -0.05) is 17.7 Å². The number of carboxylic acids is 1. The largest absolute Gasteiger partial charge is 0.545 e. The van der Waals surface area contributed by atoms with Crippen LogP contribution in [0.2, 0.25) is 5.02 Å². The molecule has 25 heavy (non-hydrogen) atoms. The molecule has 2 heterocycles. The van der Waals surface area contributed by atoms with E-state index >= 15 is 0 Å². The predicted molar refractivity (Wildman–Crippen MR) is 91.8 cm³/mol. The van der Waals surface area contributed by atoms with E-state index in [1.54, 1.807) is 19.1 Å². The predicted octanol–water partition coefficient (Wildman–Crippen LogP) is 3.02. The van der Waals surface area contributed by atoms with E-state index in [1.165, 1.54) is 24.3 Å². The van der Waals surface area contributed by atoms with Crippen molar-refractivity contribution in [2.45, 2.75) is 6.92 Å². The number of halogens is 1. The Hall–Kier alpha value is -2.51. The summed E-state index contributed by atoms with van der Waals surface area (Å²) in [7, 11) is 0. The van der Waals surface area contributed by atoms with Gasteiger partial charge in [0.25, 0.3) is 11.1 Å². The van der Waals surface area contributed by atoms with Crippen LogP contribution < -0.4 is 5.11 Å². The van der Waals surface area contributed by atoms with Gasteiger partial charge in [0.15, 0.2) is 0 Å². The number of carbonyl (C=O) groups excluding carboxylic acids is 3. The van der Waals surface area contributed by atoms with Gasteiger partial charge in [0.2, 0.25) is 0 Å². The molecule has 1 aromatic carbocycles. The highest BCUT2D eigenvalue weighted by molar-refractivity contribution is 8.18. The van der Waals surface area contributed by atoms with Crippen LogP contribution in [-0.4, -0.2) is 28.6 Å². The Labute approximate surface area is 152 Å². The number of amides is 2. The topological polar surface area (TPSA) is 90.7 Å². The summed E-state index contributed by atoms with van der Waals surface area (Å²) in [4.78, 5) is 36.2. The number of hydrogen-bond acceptors (Lipinski definition) is 6. The third-order valence-corrected chi connectivity index (χ3v) is 4.79. The van der Waals surface area contributed by atoms with Crippen molar-refractivity contribution in [3.8, 4) is 11.3 Å². The number of benzene rings is 1. The summed E-state index contributed by atoms with van der Waals surface area (Å²) in [6.07, 6.45) is 1.47. The average Bonchev–Trinajstić information content (AvgIpc) is 3.13. The van der Waals surface area contributed by atoms with Gasteiger partial charge in [-0.2, -0.15) is 0 Å². The molecule has 1 saturated heterocycles. The fourth-order valence-electron chi connectivity index (χ4n) is 2.32. The van der Waals surface area contributed by atoms with E-state index in [-0.39, 0.29) is 21.6 Å². The maximum atomic E-state index is 12.1. The molecule has 1 aliphatic rings. The Morgan fingerprint density at radius 3 is 2.72 bits per heavy atom. The summed E-state index contributed by atoms with van der Waals surface area (Å²) in [5, 5.41) is 11.0. The molecule has 0 unspecified atom stereocenters. The first-order valence-corrected chi connectivity index (χ1v) is 8.46. The Kier molecular flexibility index (Phi) is 4.69. The number of carboxylic acid groups (broad SMARTS) is 1. The third kappa shape index (κ3) is 3.33. The number of aromatic carboxylic acids is 1. The molecule has 0 radical (unpaired) electrons. The SMILES string of the molecule is CCN1C(=O)S/C(=C/c2ccc(-c3cc(C(=O)[O-])ccc3Cl)o2)C1=O. The number of imide groups is 1. The van der Waals surface area contributed by atoms with Crippen LogP contribution in [-0.2, 0) is 4.79 Å². The normalized spacial score (nSPS) is 16.1. The lowest BCUT2D eigenvalue weighted by molar-refractivity contribution is -0.255. The lowest BCUT2D eigenvalue weighted by Gasteiger charge is -2.07. The monoisotopic (exact) mass is 376 g/mol. The van der Waals surface area contributed by atoms with E-state index < -0.39 is 5.97 Å². The van der Waals surface area contributed by atoms with Crippen molar-refractivity contribution < 1.29 is 23.9 Å². The van der Waals surface area contributed by atoms with Crippen molar-refractivity contribution in [1.29, 1.82) is 0 Å². The van der Waals surface area contributed by atoms with Crippen molar-refractivity contribution in [2.24, 2.45) is 0 Å². The molecule has 1 fully saturated rings. The minimum Gasteiger partial charge on any atom is -0.545 e. The van der Waals surface area contributed by atoms with Gasteiger partial charge in [-0.05, 0) is 48.5 Å². The van der Waals surface area contributed by atoms with Crippen LogP contribution in [0.25, 0.3) is 17.4 Å². The molecule has 0 aliphatic carbocycles. The second-order valence-electron chi connectivity index (χ2n) is 5.11. The molecule has 2 amide bonds. The van der Waals surface area contributed by atoms with Crippen LogP contribution in [0.1, 0.15) is 23.0 Å². The van der Waals surface area contributed by atoms with Gasteiger partial charge >= 0.3 is 0 Å². The van der Waals surface area contributed by atoms with Crippen molar-refractivity contribution in [3.05, 3.63) is 51.6 Å². The lowest BCUT2D eigenvalue weighted by Crippen LogP contribution is -2.27. The van der Waals surface area contributed by atoms with Gasteiger partial charge in [0.05, 0.1) is 15.9 Å². The molecule has 0 bridgehead atoms. The van der Waals surface area contributed by atoms with E-state index in [4.69, 9.17) is 16.0 Å². The fourth-order valence-corrected chi connectivity index (χ4v) is 3.41. The van der Waals surface area contributed by atoms with E-state index in [0.717, 1.165) is 16.7 Å². The zero-order valence-corrected chi connectivity index (χ0v) is 14.5. The highest BCUT2D eigenvalue weighted by atomic mass is 35.5. The molecule has 1 aromatic heterocycles. The quantitative estimate of drug-likeness (QED) is 0.762. The molecule has 1 aliphatic heterocycles. The maximum absolute atomic E-state index is 12.1. The smallest absolute Gasteiger partial charge is 0.293 e. The molecular formula is C17H11ClNO5S-. The van der Waals surface area contributed by atoms with Gasteiger partial charge in [-0.15, -0.1) is 0 Å². The highest BCUT2D eigenvalue weighted by Gasteiger charge is 2.33. The van der Waals surface area contributed by atoms with Gasteiger partial charge in [-0.25, -0.2) is 0 Å². The number of furan rings is 1. The Balaban J connectivity index is 1.93. The number of likely N-dealkylation sites (N-methyl/N-ethyl adjacent to an activating group) is 1. The summed E-state index contributed by atoms with van der Waals surface area (Å²) >= 11 is 6.94. The molecule has 0 N–H and O–H groups in total. The third-order valence-electron chi connectivity index (χ3n) is 3.56. The van der Waals surface area contributed by atoms with E-state index in [0.29, 0.717) is 28.7 Å². The summed E-state index contributed by atoms with van der Waals surface area (Å²) in [6, 6.07) is 7.35. The average molecular weight is 377 g/mol. The Bertz CT molecular complexity index is 918. The fraction of sp³-hybridized carbons (Fsp3) is 0.118. The Morgan fingerprint density at radius 1 is 1.32 bits per heavy atom. The molecule has 8 heteroatoms. The Morgan fingerprint density at radius 2 is 2.08 bits per heavy atom. The number of carbonyl (C=O) groups is 3. The molecule has 6 nitrogen and oxygen atoms in total. The first-order valence-electron chi connectivity index (χ1n) is 7.27. The van der Waals surface area contributed by atoms with Gasteiger partial charge in [-0.3, -0.25) is 14.5 Å². The van der Waals surface area contributed by atoms with Crippen molar-refractivity contribution >= 4 is 46.6 Å².